The predicted molar refractivity (Wildman–Crippen MR) is 113 cm³/mol. The van der Waals surface area contributed by atoms with Gasteiger partial charge in [0.1, 0.15) is 0 Å². The van der Waals surface area contributed by atoms with Gasteiger partial charge < -0.3 is 10.1 Å². The molecule has 1 aromatic rings. The van der Waals surface area contributed by atoms with E-state index in [0.29, 0.717) is 18.7 Å². The molecule has 156 valence electrons. The molecule has 2 heterocycles. The minimum Gasteiger partial charge on any atom is -0.463 e. The van der Waals surface area contributed by atoms with Gasteiger partial charge in [-0.1, -0.05) is 36.8 Å². The van der Waals surface area contributed by atoms with Crippen LogP contribution in [-0.2, 0) is 9.53 Å². The van der Waals surface area contributed by atoms with Gasteiger partial charge in [0.2, 0.25) is 0 Å². The summed E-state index contributed by atoms with van der Waals surface area (Å²) in [4.78, 5) is 30.1. The number of hydrogen-bond donors (Lipinski definition) is 1. The van der Waals surface area contributed by atoms with Crippen LogP contribution in [0.25, 0.3) is 0 Å². The van der Waals surface area contributed by atoms with Crippen LogP contribution in [0.1, 0.15) is 43.4 Å². The van der Waals surface area contributed by atoms with Crippen molar-refractivity contribution in [3.8, 4) is 0 Å². The first-order valence-electron chi connectivity index (χ1n) is 10.4. The Morgan fingerprint density at radius 1 is 1.28 bits per heavy atom. The third-order valence-electron chi connectivity index (χ3n) is 5.57. The molecule has 1 atom stereocenters. The average molecular weight is 398 g/mol. The first kappa shape index (κ1) is 21.1. The summed E-state index contributed by atoms with van der Waals surface area (Å²) in [5.41, 5.74) is 3.18. The van der Waals surface area contributed by atoms with Gasteiger partial charge in [0.15, 0.2) is 0 Å². The Labute approximate surface area is 173 Å². The lowest BCUT2D eigenvalue weighted by molar-refractivity contribution is -0.139. The van der Waals surface area contributed by atoms with E-state index < -0.39 is 6.04 Å². The van der Waals surface area contributed by atoms with Crippen molar-refractivity contribution in [1.29, 1.82) is 0 Å². The molecule has 1 aromatic carbocycles. The van der Waals surface area contributed by atoms with Gasteiger partial charge in [0.25, 0.3) is 0 Å². The Morgan fingerprint density at radius 2 is 2.00 bits per heavy atom. The van der Waals surface area contributed by atoms with Gasteiger partial charge in [-0.05, 0) is 50.9 Å². The molecule has 6 heteroatoms. The molecule has 2 amide bonds. The molecule has 1 saturated heterocycles. The Morgan fingerprint density at radius 3 is 2.66 bits per heavy atom. The lowest BCUT2D eigenvalue weighted by Gasteiger charge is -2.39. The standard InChI is InChI=1S/C23H31N3O3/c1-4-13-26-19(16-25-14-9-6-10-15-25)20(22(27)29-5-2)21(24-23(26)28)18-12-8-7-11-17(18)3/h4,7-8,11-12,21H,1,5-6,9-10,13-16H2,2-3H3,(H,24,28)/t21-/m1/s1. The topological polar surface area (TPSA) is 61.9 Å². The fourth-order valence-electron chi connectivity index (χ4n) is 4.12. The van der Waals surface area contributed by atoms with E-state index in [1.54, 1.807) is 17.9 Å². The van der Waals surface area contributed by atoms with Crippen LogP contribution >= 0.6 is 0 Å². The Balaban J connectivity index is 2.11. The third-order valence-corrected chi connectivity index (χ3v) is 5.57. The Hall–Kier alpha value is -2.60. The smallest absolute Gasteiger partial charge is 0.338 e. The number of aryl methyl sites for hydroxylation is 1. The summed E-state index contributed by atoms with van der Waals surface area (Å²) in [5, 5.41) is 3.03. The maximum atomic E-state index is 13.1. The number of nitrogens with one attached hydrogen (secondary N) is 1. The lowest BCUT2D eigenvalue weighted by atomic mass is 9.91. The van der Waals surface area contributed by atoms with E-state index in [-0.39, 0.29) is 18.6 Å². The second-order valence-corrected chi connectivity index (χ2v) is 7.56. The summed E-state index contributed by atoms with van der Waals surface area (Å²) in [5.74, 6) is -0.373. The number of piperidine rings is 1. The summed E-state index contributed by atoms with van der Waals surface area (Å²) in [6.45, 7) is 10.7. The highest BCUT2D eigenvalue weighted by Crippen LogP contribution is 2.33. The third kappa shape index (κ3) is 4.70. The summed E-state index contributed by atoms with van der Waals surface area (Å²) in [7, 11) is 0. The molecule has 0 radical (unpaired) electrons. The van der Waals surface area contributed by atoms with E-state index in [0.717, 1.165) is 42.8 Å². The second kappa shape index (κ2) is 9.74. The van der Waals surface area contributed by atoms with Crippen molar-refractivity contribution < 1.29 is 14.3 Å². The van der Waals surface area contributed by atoms with Crippen LogP contribution < -0.4 is 5.32 Å². The molecule has 2 aliphatic heterocycles. The molecule has 3 rings (SSSR count). The predicted octanol–water partition coefficient (Wildman–Crippen LogP) is 3.55. The molecular weight excluding hydrogens is 366 g/mol. The van der Waals surface area contributed by atoms with Crippen molar-refractivity contribution in [1.82, 2.24) is 15.1 Å². The molecule has 1 fully saturated rings. The average Bonchev–Trinajstić information content (AvgIpc) is 2.71. The molecule has 6 nitrogen and oxygen atoms in total. The fraction of sp³-hybridized carbons (Fsp3) is 0.478. The highest BCUT2D eigenvalue weighted by molar-refractivity contribution is 5.95. The van der Waals surface area contributed by atoms with Gasteiger partial charge >= 0.3 is 12.0 Å². The minimum absolute atomic E-state index is 0.210. The number of carbonyl (C=O) groups excluding carboxylic acids is 2. The fourth-order valence-corrected chi connectivity index (χ4v) is 4.12. The largest absolute Gasteiger partial charge is 0.463 e. The molecular formula is C23H31N3O3. The number of carbonyl (C=O) groups is 2. The van der Waals surface area contributed by atoms with Crippen LogP contribution in [0.4, 0.5) is 4.79 Å². The van der Waals surface area contributed by atoms with Crippen LogP contribution in [0.15, 0.2) is 48.2 Å². The molecule has 0 aliphatic carbocycles. The van der Waals surface area contributed by atoms with Gasteiger partial charge in [-0.25, -0.2) is 9.59 Å². The zero-order chi connectivity index (χ0) is 20.8. The molecule has 0 saturated carbocycles. The number of nitrogens with zero attached hydrogens (tertiary/aromatic N) is 2. The van der Waals surface area contributed by atoms with Crippen LogP contribution in [0.2, 0.25) is 0 Å². The summed E-state index contributed by atoms with van der Waals surface area (Å²) >= 11 is 0. The number of esters is 1. The maximum Gasteiger partial charge on any atom is 0.338 e. The molecule has 1 N–H and O–H groups in total. The van der Waals surface area contributed by atoms with E-state index in [9.17, 15) is 9.59 Å². The van der Waals surface area contributed by atoms with Gasteiger partial charge in [-0.3, -0.25) is 9.80 Å². The van der Waals surface area contributed by atoms with Gasteiger partial charge in [-0.15, -0.1) is 6.58 Å². The number of likely N-dealkylation sites (tertiary alicyclic amines) is 1. The van der Waals surface area contributed by atoms with Crippen molar-refractivity contribution >= 4 is 12.0 Å². The first-order valence-corrected chi connectivity index (χ1v) is 10.4. The molecule has 0 unspecified atom stereocenters. The highest BCUT2D eigenvalue weighted by Gasteiger charge is 2.38. The highest BCUT2D eigenvalue weighted by atomic mass is 16.5. The van der Waals surface area contributed by atoms with E-state index in [1.807, 2.05) is 31.2 Å². The normalized spacial score (nSPS) is 20.4. The van der Waals surface area contributed by atoms with Gasteiger partial charge in [-0.2, -0.15) is 0 Å². The summed E-state index contributed by atoms with van der Waals surface area (Å²) in [6, 6.07) is 7.10. The van der Waals surface area contributed by atoms with Crippen molar-refractivity contribution in [2.75, 3.05) is 32.8 Å². The van der Waals surface area contributed by atoms with Crippen molar-refractivity contribution in [3.63, 3.8) is 0 Å². The van der Waals surface area contributed by atoms with E-state index in [1.165, 1.54) is 6.42 Å². The molecule has 0 bridgehead atoms. The van der Waals surface area contributed by atoms with Gasteiger partial charge in [0.05, 0.1) is 18.2 Å². The summed E-state index contributed by atoms with van der Waals surface area (Å²) < 4.78 is 5.43. The zero-order valence-electron chi connectivity index (χ0n) is 17.4. The number of benzene rings is 1. The number of hydrogen-bond acceptors (Lipinski definition) is 4. The maximum absolute atomic E-state index is 13.1. The van der Waals surface area contributed by atoms with Crippen molar-refractivity contribution in [2.24, 2.45) is 0 Å². The van der Waals surface area contributed by atoms with Crippen LogP contribution in [-0.4, -0.2) is 54.6 Å². The van der Waals surface area contributed by atoms with E-state index in [4.69, 9.17) is 4.74 Å². The van der Waals surface area contributed by atoms with Crippen LogP contribution in [0.3, 0.4) is 0 Å². The monoisotopic (exact) mass is 397 g/mol. The SMILES string of the molecule is C=CCN1C(=O)N[C@H](c2ccccc2C)C(C(=O)OCC)=C1CN1CCCCC1. The molecule has 0 spiro atoms. The molecule has 0 aromatic heterocycles. The van der Waals surface area contributed by atoms with Crippen LogP contribution in [0, 0.1) is 6.92 Å². The number of rotatable bonds is 7. The van der Waals surface area contributed by atoms with E-state index >= 15 is 0 Å². The van der Waals surface area contributed by atoms with Crippen molar-refractivity contribution in [3.05, 3.63) is 59.3 Å². The summed E-state index contributed by atoms with van der Waals surface area (Å²) in [6.07, 6.45) is 5.18. The minimum atomic E-state index is -0.524. The second-order valence-electron chi connectivity index (χ2n) is 7.56. The van der Waals surface area contributed by atoms with Crippen LogP contribution in [0.5, 0.6) is 0 Å². The Bertz CT molecular complexity index is 796. The number of ether oxygens (including phenoxy) is 1. The van der Waals surface area contributed by atoms with Crippen molar-refractivity contribution in [2.45, 2.75) is 39.2 Å². The quantitative estimate of drug-likeness (QED) is 0.565. The zero-order valence-corrected chi connectivity index (χ0v) is 17.4. The van der Waals surface area contributed by atoms with E-state index in [2.05, 4.69) is 16.8 Å². The van der Waals surface area contributed by atoms with Gasteiger partial charge in [0, 0.05) is 18.8 Å². The first-order chi connectivity index (χ1) is 14.1. The molecule has 29 heavy (non-hydrogen) atoms. The number of amides is 2. The number of urea groups is 1. The Kier molecular flexibility index (Phi) is 7.09. The lowest BCUT2D eigenvalue weighted by Crippen LogP contribution is -2.51. The molecule has 2 aliphatic rings.